The third kappa shape index (κ3) is 5.25. The molecule has 3 heteroatoms. The molecule has 0 amide bonds. The number of benzene rings is 1. The lowest BCUT2D eigenvalue weighted by Gasteiger charge is -2.26. The second kappa shape index (κ2) is 8.03. The van der Waals surface area contributed by atoms with Crippen LogP contribution in [0.1, 0.15) is 36.8 Å². The minimum Gasteiger partial charge on any atom is -0.313 e. The van der Waals surface area contributed by atoms with Gasteiger partial charge in [0.1, 0.15) is 0 Å². The number of halogens is 1. The monoisotopic (exact) mass is 324 g/mol. The third-order valence-electron chi connectivity index (χ3n) is 3.90. The number of hydrogen-bond acceptors (Lipinski definition) is 2. The molecule has 0 saturated carbocycles. The first-order chi connectivity index (χ1) is 9.25. The average molecular weight is 325 g/mol. The molecule has 1 heterocycles. The lowest BCUT2D eigenvalue weighted by molar-refractivity contribution is 0.225. The van der Waals surface area contributed by atoms with Crippen LogP contribution in [-0.2, 0) is 6.54 Å². The van der Waals surface area contributed by atoms with E-state index < -0.39 is 0 Å². The van der Waals surface area contributed by atoms with Crippen LogP contribution in [0, 0.1) is 6.92 Å². The SMILES string of the molecule is Cc1ccc(Br)cc1CNCCCN1CCCCC1. The fourth-order valence-electron chi connectivity index (χ4n) is 2.66. The first kappa shape index (κ1) is 15.0. The Morgan fingerprint density at radius 1 is 1.21 bits per heavy atom. The lowest BCUT2D eigenvalue weighted by atomic mass is 10.1. The van der Waals surface area contributed by atoms with Crippen molar-refractivity contribution < 1.29 is 0 Å². The van der Waals surface area contributed by atoms with Crippen molar-refractivity contribution in [3.8, 4) is 0 Å². The standard InChI is InChI=1S/C16H25BrN2/c1-14-6-7-16(17)12-15(14)13-18-8-5-11-19-9-3-2-4-10-19/h6-7,12,18H,2-5,8-11,13H2,1H3. The van der Waals surface area contributed by atoms with Crippen molar-refractivity contribution in [3.05, 3.63) is 33.8 Å². The van der Waals surface area contributed by atoms with Gasteiger partial charge in [0.25, 0.3) is 0 Å². The molecule has 1 saturated heterocycles. The minimum atomic E-state index is 0.977. The van der Waals surface area contributed by atoms with E-state index in [0.717, 1.165) is 13.1 Å². The van der Waals surface area contributed by atoms with Crippen LogP contribution in [0.2, 0.25) is 0 Å². The molecule has 1 N–H and O–H groups in total. The molecule has 0 aliphatic carbocycles. The smallest absolute Gasteiger partial charge is 0.0208 e. The van der Waals surface area contributed by atoms with Crippen molar-refractivity contribution in [1.29, 1.82) is 0 Å². The summed E-state index contributed by atoms with van der Waals surface area (Å²) < 4.78 is 1.17. The molecule has 1 aliphatic rings. The molecule has 106 valence electrons. The van der Waals surface area contributed by atoms with Crippen LogP contribution in [0.5, 0.6) is 0 Å². The Kier molecular flexibility index (Phi) is 6.35. The summed E-state index contributed by atoms with van der Waals surface area (Å²) in [7, 11) is 0. The van der Waals surface area contributed by atoms with E-state index in [2.05, 4.69) is 51.3 Å². The molecule has 1 fully saturated rings. The van der Waals surface area contributed by atoms with Gasteiger partial charge in [-0.15, -0.1) is 0 Å². The van der Waals surface area contributed by atoms with Crippen molar-refractivity contribution in [3.63, 3.8) is 0 Å². The van der Waals surface area contributed by atoms with E-state index >= 15 is 0 Å². The number of nitrogens with zero attached hydrogens (tertiary/aromatic N) is 1. The van der Waals surface area contributed by atoms with Crippen LogP contribution in [0.3, 0.4) is 0 Å². The highest BCUT2D eigenvalue weighted by Gasteiger charge is 2.08. The number of piperidine rings is 1. The van der Waals surface area contributed by atoms with Gasteiger partial charge in [-0.2, -0.15) is 0 Å². The van der Waals surface area contributed by atoms with Crippen LogP contribution in [0.4, 0.5) is 0 Å². The normalized spacial score (nSPS) is 16.7. The molecule has 0 atom stereocenters. The van der Waals surface area contributed by atoms with Gasteiger partial charge in [0, 0.05) is 11.0 Å². The quantitative estimate of drug-likeness (QED) is 0.802. The fraction of sp³-hybridized carbons (Fsp3) is 0.625. The summed E-state index contributed by atoms with van der Waals surface area (Å²) >= 11 is 3.54. The Morgan fingerprint density at radius 2 is 2.00 bits per heavy atom. The highest BCUT2D eigenvalue weighted by atomic mass is 79.9. The molecule has 2 nitrogen and oxygen atoms in total. The van der Waals surface area contributed by atoms with E-state index in [4.69, 9.17) is 0 Å². The maximum absolute atomic E-state index is 3.56. The number of nitrogens with one attached hydrogen (secondary N) is 1. The molecule has 1 aliphatic heterocycles. The first-order valence-corrected chi connectivity index (χ1v) is 8.23. The van der Waals surface area contributed by atoms with Gasteiger partial charge in [-0.3, -0.25) is 0 Å². The van der Waals surface area contributed by atoms with Gasteiger partial charge < -0.3 is 10.2 Å². The Bertz CT molecular complexity index is 386. The zero-order chi connectivity index (χ0) is 13.5. The van der Waals surface area contributed by atoms with E-state index in [1.54, 1.807) is 0 Å². The van der Waals surface area contributed by atoms with Gasteiger partial charge in [0.05, 0.1) is 0 Å². The number of hydrogen-bond donors (Lipinski definition) is 1. The molecule has 0 spiro atoms. The Labute approximate surface area is 125 Å². The maximum atomic E-state index is 3.56. The highest BCUT2D eigenvalue weighted by Crippen LogP contribution is 2.15. The van der Waals surface area contributed by atoms with E-state index in [1.807, 2.05) is 0 Å². The molecule has 1 aromatic carbocycles. The van der Waals surface area contributed by atoms with Crippen molar-refractivity contribution in [2.24, 2.45) is 0 Å². The zero-order valence-corrected chi connectivity index (χ0v) is 13.5. The van der Waals surface area contributed by atoms with Gasteiger partial charge in [-0.25, -0.2) is 0 Å². The fourth-order valence-corrected chi connectivity index (χ4v) is 3.07. The minimum absolute atomic E-state index is 0.977. The largest absolute Gasteiger partial charge is 0.313 e. The summed E-state index contributed by atoms with van der Waals surface area (Å²) in [6, 6.07) is 6.50. The topological polar surface area (TPSA) is 15.3 Å². The van der Waals surface area contributed by atoms with Crippen molar-refractivity contribution >= 4 is 15.9 Å². The zero-order valence-electron chi connectivity index (χ0n) is 11.9. The van der Waals surface area contributed by atoms with Crippen molar-refractivity contribution in [2.45, 2.75) is 39.2 Å². The number of aryl methyl sites for hydroxylation is 1. The average Bonchev–Trinajstić information content (AvgIpc) is 2.43. The Balaban J connectivity index is 1.62. The Morgan fingerprint density at radius 3 is 2.79 bits per heavy atom. The molecule has 1 aromatic rings. The summed E-state index contributed by atoms with van der Waals surface area (Å²) in [5.74, 6) is 0. The van der Waals surface area contributed by atoms with Crippen LogP contribution >= 0.6 is 15.9 Å². The van der Waals surface area contributed by atoms with E-state index in [-0.39, 0.29) is 0 Å². The first-order valence-electron chi connectivity index (χ1n) is 7.44. The van der Waals surface area contributed by atoms with Crippen molar-refractivity contribution in [2.75, 3.05) is 26.2 Å². The van der Waals surface area contributed by atoms with Gasteiger partial charge >= 0.3 is 0 Å². The van der Waals surface area contributed by atoms with Gasteiger partial charge in [-0.05, 0) is 75.6 Å². The number of rotatable bonds is 6. The molecule has 0 aromatic heterocycles. The second-order valence-electron chi connectivity index (χ2n) is 5.50. The van der Waals surface area contributed by atoms with Crippen LogP contribution in [0.15, 0.2) is 22.7 Å². The summed E-state index contributed by atoms with van der Waals surface area (Å²) in [4.78, 5) is 2.61. The molecule has 19 heavy (non-hydrogen) atoms. The molecule has 2 rings (SSSR count). The molecule has 0 unspecified atom stereocenters. The highest BCUT2D eigenvalue weighted by molar-refractivity contribution is 9.10. The van der Waals surface area contributed by atoms with Gasteiger partial charge in [0.15, 0.2) is 0 Å². The lowest BCUT2D eigenvalue weighted by Crippen LogP contribution is -2.32. The molecule has 0 radical (unpaired) electrons. The molecular formula is C16H25BrN2. The summed E-state index contributed by atoms with van der Waals surface area (Å²) in [6.07, 6.45) is 5.47. The predicted octanol–water partition coefficient (Wildman–Crippen LogP) is 3.72. The summed E-state index contributed by atoms with van der Waals surface area (Å²) in [6.45, 7) is 8.14. The second-order valence-corrected chi connectivity index (χ2v) is 6.42. The van der Waals surface area contributed by atoms with Gasteiger partial charge in [-0.1, -0.05) is 28.4 Å². The summed E-state index contributed by atoms with van der Waals surface area (Å²) in [5, 5.41) is 3.56. The Hall–Kier alpha value is -0.380. The molecule has 0 bridgehead atoms. The molecular weight excluding hydrogens is 300 g/mol. The van der Waals surface area contributed by atoms with E-state index in [9.17, 15) is 0 Å². The van der Waals surface area contributed by atoms with Crippen molar-refractivity contribution in [1.82, 2.24) is 10.2 Å². The van der Waals surface area contributed by atoms with Crippen LogP contribution < -0.4 is 5.32 Å². The number of likely N-dealkylation sites (tertiary alicyclic amines) is 1. The predicted molar refractivity (Wildman–Crippen MR) is 85.5 cm³/mol. The van der Waals surface area contributed by atoms with E-state index in [1.165, 1.54) is 60.9 Å². The van der Waals surface area contributed by atoms with Crippen LogP contribution in [0.25, 0.3) is 0 Å². The third-order valence-corrected chi connectivity index (χ3v) is 4.40. The maximum Gasteiger partial charge on any atom is 0.0208 e. The van der Waals surface area contributed by atoms with E-state index in [0.29, 0.717) is 0 Å². The van der Waals surface area contributed by atoms with Crippen LogP contribution in [-0.4, -0.2) is 31.1 Å². The summed E-state index contributed by atoms with van der Waals surface area (Å²) in [5.41, 5.74) is 2.76. The van der Waals surface area contributed by atoms with Gasteiger partial charge in [0.2, 0.25) is 0 Å².